The van der Waals surface area contributed by atoms with Gasteiger partial charge in [0.1, 0.15) is 17.9 Å². The van der Waals surface area contributed by atoms with E-state index < -0.39 is 15.6 Å². The molecule has 35 heavy (non-hydrogen) atoms. The molecule has 10 heteroatoms. The van der Waals surface area contributed by atoms with Crippen molar-refractivity contribution in [2.75, 3.05) is 21.2 Å². The molecule has 0 bridgehead atoms. The van der Waals surface area contributed by atoms with Gasteiger partial charge in [0.2, 0.25) is 17.7 Å². The van der Waals surface area contributed by atoms with Crippen molar-refractivity contribution in [1.82, 2.24) is 20.0 Å². The Balaban J connectivity index is 1.43. The van der Waals surface area contributed by atoms with Crippen molar-refractivity contribution in [2.24, 2.45) is 0 Å². The van der Waals surface area contributed by atoms with E-state index in [0.29, 0.717) is 29.0 Å². The van der Waals surface area contributed by atoms with Crippen LogP contribution in [0.2, 0.25) is 0 Å². The van der Waals surface area contributed by atoms with E-state index in [9.17, 15) is 13.2 Å². The fraction of sp³-hybridized carbons (Fsp3) is 0.640. The first kappa shape index (κ1) is 25.6. The first-order valence-corrected chi connectivity index (χ1v) is 13.9. The van der Waals surface area contributed by atoms with E-state index in [1.165, 1.54) is 0 Å². The van der Waals surface area contributed by atoms with Crippen LogP contribution in [-0.4, -0.2) is 73.7 Å². The van der Waals surface area contributed by atoms with E-state index in [0.717, 1.165) is 38.5 Å². The van der Waals surface area contributed by atoms with E-state index >= 15 is 0 Å². The van der Waals surface area contributed by atoms with Gasteiger partial charge in [0.15, 0.2) is 9.84 Å². The number of aryl methyl sites for hydroxylation is 2. The third kappa shape index (κ3) is 5.86. The third-order valence-electron chi connectivity index (χ3n) is 7.12. The third-order valence-corrected chi connectivity index (χ3v) is 9.02. The van der Waals surface area contributed by atoms with Crippen LogP contribution in [0.3, 0.4) is 0 Å². The van der Waals surface area contributed by atoms with Crippen LogP contribution in [0.25, 0.3) is 0 Å². The smallest absolute Gasteiger partial charge is 0.232 e. The predicted molar refractivity (Wildman–Crippen MR) is 131 cm³/mol. The van der Waals surface area contributed by atoms with Gasteiger partial charge in [-0.15, -0.1) is 10.2 Å². The van der Waals surface area contributed by atoms with Gasteiger partial charge in [-0.3, -0.25) is 4.79 Å². The highest BCUT2D eigenvalue weighted by Gasteiger charge is 2.39. The molecular weight excluding hydrogens is 468 g/mol. The summed E-state index contributed by atoms with van der Waals surface area (Å²) < 4.78 is 37.1. The van der Waals surface area contributed by atoms with Gasteiger partial charge in [0, 0.05) is 18.1 Å². The van der Waals surface area contributed by atoms with Crippen molar-refractivity contribution in [3.05, 3.63) is 35.0 Å². The van der Waals surface area contributed by atoms with Gasteiger partial charge in [-0.1, -0.05) is 0 Å². The van der Waals surface area contributed by atoms with Gasteiger partial charge in [-0.25, -0.2) is 8.42 Å². The topological polar surface area (TPSA) is 106 Å². The lowest BCUT2D eigenvalue weighted by molar-refractivity contribution is -0.134. The highest BCUT2D eigenvalue weighted by atomic mass is 32.2. The molecule has 2 aliphatic rings. The number of hydrogen-bond acceptors (Lipinski definition) is 8. The Hall–Kier alpha value is -2.46. The average Bonchev–Trinajstić information content (AvgIpc) is 3.52. The van der Waals surface area contributed by atoms with Crippen LogP contribution in [0.5, 0.6) is 5.75 Å². The summed E-state index contributed by atoms with van der Waals surface area (Å²) in [6, 6.07) is 4.50. The molecule has 0 spiro atoms. The number of nitrogens with zero attached hydrogens (tertiary/aromatic N) is 4. The molecule has 0 saturated heterocycles. The summed E-state index contributed by atoms with van der Waals surface area (Å²) >= 11 is 0. The zero-order chi connectivity index (χ0) is 25.3. The van der Waals surface area contributed by atoms with Crippen LogP contribution < -0.4 is 4.74 Å². The predicted octanol–water partition coefficient (Wildman–Crippen LogP) is 3.08. The summed E-state index contributed by atoms with van der Waals surface area (Å²) in [5.41, 5.74) is 1.20. The van der Waals surface area contributed by atoms with Crippen LogP contribution in [-0.2, 0) is 26.8 Å². The summed E-state index contributed by atoms with van der Waals surface area (Å²) in [4.78, 5) is 17.8. The van der Waals surface area contributed by atoms with Gasteiger partial charge in [-0.05, 0) is 89.7 Å². The molecule has 192 valence electrons. The lowest BCUT2D eigenvalue weighted by atomic mass is 9.89. The maximum atomic E-state index is 13.2. The highest BCUT2D eigenvalue weighted by Crippen LogP contribution is 2.35. The van der Waals surface area contributed by atoms with Crippen molar-refractivity contribution in [1.29, 1.82) is 0 Å². The number of hydrogen-bond donors (Lipinski definition) is 0. The van der Waals surface area contributed by atoms with Crippen LogP contribution >= 0.6 is 0 Å². The van der Waals surface area contributed by atoms with Gasteiger partial charge in [-0.2, -0.15) is 0 Å². The van der Waals surface area contributed by atoms with Crippen molar-refractivity contribution < 1.29 is 22.4 Å². The maximum Gasteiger partial charge on any atom is 0.232 e. The molecule has 4 rings (SSSR count). The number of sulfone groups is 1. The number of carbonyl (C=O) groups excluding carboxylic acids is 1. The van der Waals surface area contributed by atoms with Crippen LogP contribution in [0.4, 0.5) is 0 Å². The molecule has 1 heterocycles. The monoisotopic (exact) mass is 504 g/mol. The molecule has 1 amide bonds. The maximum absolute atomic E-state index is 13.2. The Bertz CT molecular complexity index is 1140. The van der Waals surface area contributed by atoms with Gasteiger partial charge in [0.05, 0.1) is 12.0 Å². The van der Waals surface area contributed by atoms with Gasteiger partial charge < -0.3 is 19.0 Å². The van der Waals surface area contributed by atoms with E-state index in [1.807, 2.05) is 4.90 Å². The van der Waals surface area contributed by atoms with E-state index in [2.05, 4.69) is 29.2 Å². The Morgan fingerprint density at radius 3 is 2.00 bits per heavy atom. The second-order valence-electron chi connectivity index (χ2n) is 10.1. The zero-order valence-corrected chi connectivity index (χ0v) is 22.1. The molecule has 0 radical (unpaired) electrons. The molecule has 2 saturated carbocycles. The molecule has 1 aromatic carbocycles. The SMILES string of the molecule is COc1cc(C)c(S(=O)(=O)Cc2nnc(CC(=O)N(C3CCC(N(C)C)CC3)C3CC3)o2)c(C)c1. The van der Waals surface area contributed by atoms with Crippen LogP contribution in [0, 0.1) is 13.8 Å². The van der Waals surface area contributed by atoms with Crippen LogP contribution in [0.15, 0.2) is 21.4 Å². The Labute approximate surface area is 207 Å². The van der Waals surface area contributed by atoms with E-state index in [1.54, 1.807) is 33.1 Å². The van der Waals surface area contributed by atoms with Gasteiger partial charge in [0.25, 0.3) is 0 Å². The number of methoxy groups -OCH3 is 1. The average molecular weight is 505 g/mol. The molecule has 2 fully saturated rings. The quantitative estimate of drug-likeness (QED) is 0.513. The lowest BCUT2D eigenvalue weighted by Crippen LogP contribution is -2.46. The molecule has 2 aromatic rings. The van der Waals surface area contributed by atoms with E-state index in [-0.39, 0.29) is 35.0 Å². The molecule has 0 aliphatic heterocycles. The highest BCUT2D eigenvalue weighted by molar-refractivity contribution is 7.90. The Morgan fingerprint density at radius 2 is 1.49 bits per heavy atom. The molecular formula is C25H36N4O5S. The molecule has 0 atom stereocenters. The minimum Gasteiger partial charge on any atom is -0.497 e. The number of carbonyl (C=O) groups is 1. The summed E-state index contributed by atoms with van der Waals surface area (Å²) in [5.74, 6) is 0.333. The number of amides is 1. The lowest BCUT2D eigenvalue weighted by Gasteiger charge is -2.39. The minimum absolute atomic E-state index is 0.00223. The first-order chi connectivity index (χ1) is 16.6. The second-order valence-corrected chi connectivity index (χ2v) is 12.0. The second kappa shape index (κ2) is 10.3. The molecule has 2 aliphatic carbocycles. The van der Waals surface area contributed by atoms with Crippen LogP contribution in [0.1, 0.15) is 61.4 Å². The first-order valence-electron chi connectivity index (χ1n) is 12.3. The summed E-state index contributed by atoms with van der Waals surface area (Å²) in [7, 11) is 2.05. The van der Waals surface area contributed by atoms with Gasteiger partial charge >= 0.3 is 0 Å². The summed E-state index contributed by atoms with van der Waals surface area (Å²) in [5, 5.41) is 7.93. The normalized spacial score (nSPS) is 20.7. The number of ether oxygens (including phenoxy) is 1. The molecule has 0 unspecified atom stereocenters. The minimum atomic E-state index is -3.72. The number of benzene rings is 1. The summed E-state index contributed by atoms with van der Waals surface area (Å²) in [6.07, 6.45) is 6.23. The molecule has 1 aromatic heterocycles. The van der Waals surface area contributed by atoms with E-state index in [4.69, 9.17) is 9.15 Å². The number of aromatic nitrogens is 2. The van der Waals surface area contributed by atoms with Crippen molar-refractivity contribution in [3.63, 3.8) is 0 Å². The Kier molecular flexibility index (Phi) is 7.51. The largest absolute Gasteiger partial charge is 0.497 e. The van der Waals surface area contributed by atoms with Crippen molar-refractivity contribution in [2.45, 2.75) is 87.6 Å². The summed E-state index contributed by atoms with van der Waals surface area (Å²) in [6.45, 7) is 3.47. The van der Waals surface area contributed by atoms with Crippen molar-refractivity contribution in [3.8, 4) is 5.75 Å². The molecule has 9 nitrogen and oxygen atoms in total. The standard InChI is InChI=1S/C25H36N4O5S/c1-16-12-21(33-5)13-17(2)25(16)35(31,32)15-23-27-26-22(34-23)14-24(30)29(20-10-11-20)19-8-6-18(7-9-19)28(3)4/h12-13,18-20H,6-11,14-15H2,1-5H3. The van der Waals surface area contributed by atoms with Crippen molar-refractivity contribution >= 4 is 15.7 Å². The molecule has 0 N–H and O–H groups in total. The Morgan fingerprint density at radius 1 is 0.971 bits per heavy atom. The zero-order valence-electron chi connectivity index (χ0n) is 21.3. The number of rotatable bonds is 9. The fourth-order valence-corrected chi connectivity index (χ4v) is 6.99. The fourth-order valence-electron chi connectivity index (χ4n) is 5.30.